The summed E-state index contributed by atoms with van der Waals surface area (Å²) in [6, 6.07) is 22.0. The Balaban J connectivity index is 1.73. The van der Waals surface area contributed by atoms with Crippen molar-refractivity contribution in [1.29, 1.82) is 0 Å². The topological polar surface area (TPSA) is 59.8 Å². The van der Waals surface area contributed by atoms with Gasteiger partial charge in [0.2, 0.25) is 5.82 Å². The molecule has 0 bridgehead atoms. The first kappa shape index (κ1) is 17.9. The van der Waals surface area contributed by atoms with Crippen molar-refractivity contribution < 1.29 is 9.18 Å². The number of aromatic nitrogens is 3. The second kappa shape index (κ2) is 7.62. The molecule has 1 N–H and O–H groups in total. The molecule has 0 fully saturated rings. The number of rotatable bonds is 4. The van der Waals surface area contributed by atoms with Gasteiger partial charge in [0, 0.05) is 16.3 Å². The van der Waals surface area contributed by atoms with Gasteiger partial charge in [0.05, 0.1) is 5.69 Å². The van der Waals surface area contributed by atoms with Gasteiger partial charge in [0.25, 0.3) is 5.91 Å². The van der Waals surface area contributed by atoms with Gasteiger partial charge in [-0.1, -0.05) is 41.9 Å². The molecule has 1 heterocycles. The lowest BCUT2D eigenvalue weighted by molar-refractivity contribution is 0.101. The third-order valence-corrected chi connectivity index (χ3v) is 4.27. The van der Waals surface area contributed by atoms with Crippen LogP contribution in [0, 0.1) is 5.82 Å². The minimum Gasteiger partial charge on any atom is -0.319 e. The summed E-state index contributed by atoms with van der Waals surface area (Å²) in [5.74, 6) is -0.351. The summed E-state index contributed by atoms with van der Waals surface area (Å²) >= 11 is 5.98. The van der Waals surface area contributed by atoms with E-state index in [1.807, 2.05) is 30.3 Å². The van der Waals surface area contributed by atoms with Crippen LogP contribution in [0.3, 0.4) is 0 Å². The molecule has 28 heavy (non-hydrogen) atoms. The number of hydrogen-bond donors (Lipinski definition) is 1. The lowest BCUT2D eigenvalue weighted by Gasteiger charge is -2.05. The minimum absolute atomic E-state index is 0.00173. The molecule has 3 aromatic carbocycles. The van der Waals surface area contributed by atoms with Crippen LogP contribution in [0.25, 0.3) is 17.1 Å². The van der Waals surface area contributed by atoms with E-state index in [0.717, 1.165) is 11.3 Å². The lowest BCUT2D eigenvalue weighted by atomic mass is 10.2. The molecule has 0 spiro atoms. The molecule has 0 aliphatic carbocycles. The average molecular weight is 393 g/mol. The predicted octanol–water partition coefficient (Wildman–Crippen LogP) is 4.98. The number of carbonyl (C=O) groups is 1. The average Bonchev–Trinajstić information content (AvgIpc) is 3.16. The maximum Gasteiger partial charge on any atom is 0.295 e. The van der Waals surface area contributed by atoms with E-state index in [1.54, 1.807) is 28.9 Å². The lowest BCUT2D eigenvalue weighted by Crippen LogP contribution is -2.14. The van der Waals surface area contributed by atoms with Crippen LogP contribution in [0.1, 0.15) is 10.6 Å². The Morgan fingerprint density at radius 1 is 0.929 bits per heavy atom. The van der Waals surface area contributed by atoms with Gasteiger partial charge >= 0.3 is 0 Å². The number of amides is 1. The molecule has 0 radical (unpaired) electrons. The van der Waals surface area contributed by atoms with Crippen LogP contribution in [0.4, 0.5) is 10.1 Å². The smallest absolute Gasteiger partial charge is 0.295 e. The standard InChI is InChI=1S/C21H14ClFN4O/c22-15-6-12-18(13-7-15)27-20(14-4-2-1-3-5-14)25-19(26-27)21(28)24-17-10-8-16(23)9-11-17/h1-13H,(H,24,28). The summed E-state index contributed by atoms with van der Waals surface area (Å²) in [7, 11) is 0. The molecule has 5 nitrogen and oxygen atoms in total. The van der Waals surface area contributed by atoms with Gasteiger partial charge in [-0.15, -0.1) is 5.10 Å². The van der Waals surface area contributed by atoms with Crippen molar-refractivity contribution in [2.45, 2.75) is 0 Å². The monoisotopic (exact) mass is 392 g/mol. The minimum atomic E-state index is -0.489. The SMILES string of the molecule is O=C(Nc1ccc(F)cc1)c1nc(-c2ccccc2)n(-c2ccc(Cl)cc2)n1. The molecule has 4 rings (SSSR count). The van der Waals surface area contributed by atoms with Crippen LogP contribution in [0.5, 0.6) is 0 Å². The Kier molecular flexibility index (Phi) is 4.87. The number of nitrogens with one attached hydrogen (secondary N) is 1. The Morgan fingerprint density at radius 3 is 2.29 bits per heavy atom. The van der Waals surface area contributed by atoms with Crippen LogP contribution >= 0.6 is 11.6 Å². The maximum atomic E-state index is 13.1. The van der Waals surface area contributed by atoms with Crippen LogP contribution in [-0.4, -0.2) is 20.7 Å². The van der Waals surface area contributed by atoms with Crippen LogP contribution < -0.4 is 5.32 Å². The summed E-state index contributed by atoms with van der Waals surface area (Å²) < 4.78 is 14.6. The highest BCUT2D eigenvalue weighted by Gasteiger charge is 2.19. The summed E-state index contributed by atoms with van der Waals surface area (Å²) in [6.45, 7) is 0. The molecule has 7 heteroatoms. The molecule has 138 valence electrons. The molecule has 1 amide bonds. The number of benzene rings is 3. The van der Waals surface area contributed by atoms with Crippen LogP contribution in [0.15, 0.2) is 78.9 Å². The molecule has 0 aliphatic rings. The van der Waals surface area contributed by atoms with Gasteiger partial charge in [-0.05, 0) is 48.5 Å². The van der Waals surface area contributed by atoms with E-state index in [0.29, 0.717) is 16.5 Å². The Labute approximate surface area is 165 Å². The molecule has 1 aromatic heterocycles. The first-order valence-electron chi connectivity index (χ1n) is 8.45. The van der Waals surface area contributed by atoms with Crippen molar-refractivity contribution in [3.05, 3.63) is 95.5 Å². The quantitative estimate of drug-likeness (QED) is 0.533. The van der Waals surface area contributed by atoms with E-state index >= 15 is 0 Å². The fourth-order valence-corrected chi connectivity index (χ4v) is 2.79. The van der Waals surface area contributed by atoms with E-state index in [9.17, 15) is 9.18 Å². The molecule has 0 saturated carbocycles. The van der Waals surface area contributed by atoms with Crippen molar-refractivity contribution in [2.24, 2.45) is 0 Å². The Hall–Kier alpha value is -3.51. The van der Waals surface area contributed by atoms with E-state index in [1.165, 1.54) is 24.3 Å². The van der Waals surface area contributed by atoms with Crippen molar-refractivity contribution >= 4 is 23.2 Å². The summed E-state index contributed by atoms with van der Waals surface area (Å²) in [6.07, 6.45) is 0. The summed E-state index contributed by atoms with van der Waals surface area (Å²) in [5, 5.41) is 7.65. The first-order chi connectivity index (χ1) is 13.6. The van der Waals surface area contributed by atoms with Gasteiger partial charge in [-0.25, -0.2) is 14.1 Å². The number of nitrogens with zero attached hydrogens (tertiary/aromatic N) is 3. The van der Waals surface area contributed by atoms with Crippen LogP contribution in [0.2, 0.25) is 5.02 Å². The summed E-state index contributed by atoms with van der Waals surface area (Å²) in [5.41, 5.74) is 1.98. The Morgan fingerprint density at radius 2 is 1.61 bits per heavy atom. The number of anilines is 1. The third kappa shape index (κ3) is 3.77. The van der Waals surface area contributed by atoms with Gasteiger partial charge in [0.1, 0.15) is 5.82 Å². The van der Waals surface area contributed by atoms with Gasteiger partial charge < -0.3 is 5.32 Å². The molecular weight excluding hydrogens is 379 g/mol. The van der Waals surface area contributed by atoms with E-state index in [-0.39, 0.29) is 11.6 Å². The highest BCUT2D eigenvalue weighted by molar-refractivity contribution is 6.30. The normalized spacial score (nSPS) is 10.6. The van der Waals surface area contributed by atoms with Crippen molar-refractivity contribution in [2.75, 3.05) is 5.32 Å². The van der Waals surface area contributed by atoms with Crippen molar-refractivity contribution in [3.8, 4) is 17.1 Å². The van der Waals surface area contributed by atoms with Crippen molar-refractivity contribution in [1.82, 2.24) is 14.8 Å². The highest BCUT2D eigenvalue weighted by atomic mass is 35.5. The maximum absolute atomic E-state index is 13.1. The van der Waals surface area contributed by atoms with E-state index < -0.39 is 5.91 Å². The Bertz CT molecular complexity index is 1110. The molecular formula is C21H14ClFN4O. The van der Waals surface area contributed by atoms with E-state index in [2.05, 4.69) is 15.4 Å². The zero-order valence-electron chi connectivity index (χ0n) is 14.5. The zero-order chi connectivity index (χ0) is 19.5. The molecule has 0 saturated heterocycles. The van der Waals surface area contributed by atoms with E-state index in [4.69, 9.17) is 11.6 Å². The predicted molar refractivity (Wildman–Crippen MR) is 106 cm³/mol. The largest absolute Gasteiger partial charge is 0.319 e. The first-order valence-corrected chi connectivity index (χ1v) is 8.83. The molecule has 0 aliphatic heterocycles. The fraction of sp³-hybridized carbons (Fsp3) is 0. The number of hydrogen-bond acceptors (Lipinski definition) is 3. The zero-order valence-corrected chi connectivity index (χ0v) is 15.3. The second-order valence-electron chi connectivity index (χ2n) is 5.97. The summed E-state index contributed by atoms with van der Waals surface area (Å²) in [4.78, 5) is 17.0. The number of halogens is 2. The highest BCUT2D eigenvalue weighted by Crippen LogP contribution is 2.22. The van der Waals surface area contributed by atoms with Gasteiger partial charge in [-0.3, -0.25) is 4.79 Å². The molecule has 0 atom stereocenters. The van der Waals surface area contributed by atoms with Gasteiger partial charge in [0.15, 0.2) is 5.82 Å². The number of carbonyl (C=O) groups excluding carboxylic acids is 1. The van der Waals surface area contributed by atoms with Crippen molar-refractivity contribution in [3.63, 3.8) is 0 Å². The van der Waals surface area contributed by atoms with Crippen LogP contribution in [-0.2, 0) is 0 Å². The molecule has 4 aromatic rings. The second-order valence-corrected chi connectivity index (χ2v) is 6.41. The molecule has 0 unspecified atom stereocenters. The fourth-order valence-electron chi connectivity index (χ4n) is 2.66. The van der Waals surface area contributed by atoms with Gasteiger partial charge in [-0.2, -0.15) is 0 Å². The third-order valence-electron chi connectivity index (χ3n) is 4.02.